The normalized spacial score (nSPS) is 20.1. The Hall–Kier alpha value is -2.34. The van der Waals surface area contributed by atoms with Gasteiger partial charge in [0.15, 0.2) is 0 Å². The Labute approximate surface area is 153 Å². The number of hydrogen-bond donors (Lipinski definition) is 2. The number of aromatic nitrogens is 1. The van der Waals surface area contributed by atoms with E-state index in [1.54, 1.807) is 12.0 Å². The van der Waals surface area contributed by atoms with Crippen molar-refractivity contribution in [2.75, 3.05) is 26.8 Å². The number of aromatic amines is 1. The smallest absolute Gasteiger partial charge is 0.245 e. The van der Waals surface area contributed by atoms with Gasteiger partial charge in [0.05, 0.1) is 0 Å². The Balaban J connectivity index is 1.66. The SMILES string of the molecule is COCCCNC(=O)[C@@]1(C)CCC(=O)N1CCc1c[nH]c2ccccc12. The van der Waals surface area contributed by atoms with Gasteiger partial charge in [-0.1, -0.05) is 18.2 Å². The predicted octanol–water partition coefficient (Wildman–Crippen LogP) is 2.24. The zero-order valence-electron chi connectivity index (χ0n) is 15.5. The number of fused-ring (bicyclic) bond motifs is 1. The summed E-state index contributed by atoms with van der Waals surface area (Å²) in [5.41, 5.74) is 1.49. The highest BCUT2D eigenvalue weighted by Crippen LogP contribution is 2.31. The number of rotatable bonds is 8. The van der Waals surface area contributed by atoms with E-state index >= 15 is 0 Å². The maximum atomic E-state index is 12.7. The molecule has 0 unspecified atom stereocenters. The fraction of sp³-hybridized carbons (Fsp3) is 0.500. The van der Waals surface area contributed by atoms with Crippen molar-refractivity contribution in [2.45, 2.75) is 38.1 Å². The zero-order valence-corrected chi connectivity index (χ0v) is 15.5. The topological polar surface area (TPSA) is 74.4 Å². The maximum absolute atomic E-state index is 12.7. The minimum absolute atomic E-state index is 0.0550. The number of hydrogen-bond acceptors (Lipinski definition) is 3. The van der Waals surface area contributed by atoms with E-state index in [0.29, 0.717) is 32.5 Å². The second-order valence-corrected chi connectivity index (χ2v) is 7.03. The summed E-state index contributed by atoms with van der Waals surface area (Å²) in [7, 11) is 1.64. The average molecular weight is 357 g/mol. The van der Waals surface area contributed by atoms with Crippen LogP contribution in [0.15, 0.2) is 30.5 Å². The van der Waals surface area contributed by atoms with Crippen LogP contribution in [0.4, 0.5) is 0 Å². The molecule has 2 aromatic rings. The largest absolute Gasteiger partial charge is 0.385 e. The molecular formula is C20H27N3O3. The summed E-state index contributed by atoms with van der Waals surface area (Å²) in [6.45, 7) is 3.59. The van der Waals surface area contributed by atoms with E-state index in [0.717, 1.165) is 18.4 Å². The van der Waals surface area contributed by atoms with Gasteiger partial charge >= 0.3 is 0 Å². The first kappa shape index (κ1) is 18.5. The van der Waals surface area contributed by atoms with Gasteiger partial charge in [0.25, 0.3) is 0 Å². The molecule has 26 heavy (non-hydrogen) atoms. The van der Waals surface area contributed by atoms with Crippen LogP contribution in [0.1, 0.15) is 31.7 Å². The Bertz CT molecular complexity index is 785. The van der Waals surface area contributed by atoms with Crippen LogP contribution in [-0.2, 0) is 20.7 Å². The monoisotopic (exact) mass is 357 g/mol. The number of methoxy groups -OCH3 is 1. The standard InChI is InChI=1S/C20H27N3O3/c1-20(19(25)21-11-5-13-26-2)10-8-18(24)23(20)12-9-15-14-22-17-7-4-3-6-16(15)17/h3-4,6-7,14,22H,5,8-13H2,1-2H3,(H,21,25)/t20-/m1/s1. The minimum atomic E-state index is -0.768. The molecule has 1 aromatic carbocycles. The van der Waals surface area contributed by atoms with Gasteiger partial charge in [0.2, 0.25) is 11.8 Å². The van der Waals surface area contributed by atoms with Crippen molar-refractivity contribution in [3.05, 3.63) is 36.0 Å². The van der Waals surface area contributed by atoms with E-state index in [1.165, 1.54) is 10.9 Å². The lowest BCUT2D eigenvalue weighted by Crippen LogP contribution is -2.55. The highest BCUT2D eigenvalue weighted by atomic mass is 16.5. The molecule has 2 N–H and O–H groups in total. The molecule has 0 radical (unpaired) electrons. The molecule has 0 aliphatic carbocycles. The number of likely N-dealkylation sites (tertiary alicyclic amines) is 1. The predicted molar refractivity (Wildman–Crippen MR) is 101 cm³/mol. The lowest BCUT2D eigenvalue weighted by Gasteiger charge is -2.34. The number of ether oxygens (including phenoxy) is 1. The van der Waals surface area contributed by atoms with E-state index in [9.17, 15) is 9.59 Å². The molecule has 6 heteroatoms. The lowest BCUT2D eigenvalue weighted by molar-refractivity contribution is -0.140. The number of para-hydroxylation sites is 1. The molecule has 6 nitrogen and oxygen atoms in total. The number of benzene rings is 1. The first-order valence-electron chi connectivity index (χ1n) is 9.19. The quantitative estimate of drug-likeness (QED) is 0.712. The summed E-state index contributed by atoms with van der Waals surface area (Å²) in [4.78, 5) is 30.1. The van der Waals surface area contributed by atoms with Crippen molar-refractivity contribution in [2.24, 2.45) is 0 Å². The third kappa shape index (κ3) is 3.60. The highest BCUT2D eigenvalue weighted by Gasteiger charge is 2.46. The maximum Gasteiger partial charge on any atom is 0.245 e. The molecule has 2 heterocycles. The number of nitrogens with zero attached hydrogens (tertiary/aromatic N) is 1. The van der Waals surface area contributed by atoms with Crippen LogP contribution in [0, 0.1) is 0 Å². The van der Waals surface area contributed by atoms with Crippen LogP contribution in [0.5, 0.6) is 0 Å². The Morgan fingerprint density at radius 2 is 2.19 bits per heavy atom. The molecular weight excluding hydrogens is 330 g/mol. The molecule has 3 rings (SSSR count). The van der Waals surface area contributed by atoms with Crippen LogP contribution in [0.3, 0.4) is 0 Å². The number of H-pyrrole nitrogens is 1. The molecule has 1 aliphatic heterocycles. The second-order valence-electron chi connectivity index (χ2n) is 7.03. The van der Waals surface area contributed by atoms with Crippen LogP contribution in [0.25, 0.3) is 10.9 Å². The third-order valence-corrected chi connectivity index (χ3v) is 5.30. The first-order valence-corrected chi connectivity index (χ1v) is 9.19. The highest BCUT2D eigenvalue weighted by molar-refractivity contribution is 5.94. The Morgan fingerprint density at radius 3 is 3.00 bits per heavy atom. The van der Waals surface area contributed by atoms with Gasteiger partial charge in [-0.25, -0.2) is 0 Å². The van der Waals surface area contributed by atoms with Gasteiger partial charge in [-0.05, 0) is 37.8 Å². The summed E-state index contributed by atoms with van der Waals surface area (Å²) in [6, 6.07) is 8.13. The van der Waals surface area contributed by atoms with Crippen molar-refractivity contribution in [3.63, 3.8) is 0 Å². The first-order chi connectivity index (χ1) is 12.6. The van der Waals surface area contributed by atoms with Crippen LogP contribution in [-0.4, -0.2) is 54.0 Å². The van der Waals surface area contributed by atoms with Crippen molar-refractivity contribution in [1.82, 2.24) is 15.2 Å². The molecule has 0 bridgehead atoms. The number of carbonyl (C=O) groups excluding carboxylic acids is 2. The summed E-state index contributed by atoms with van der Waals surface area (Å²) in [5, 5.41) is 4.13. The van der Waals surface area contributed by atoms with Gasteiger partial charge in [-0.2, -0.15) is 0 Å². The van der Waals surface area contributed by atoms with Crippen LogP contribution in [0.2, 0.25) is 0 Å². The fourth-order valence-electron chi connectivity index (χ4n) is 3.68. The van der Waals surface area contributed by atoms with Crippen molar-refractivity contribution in [3.8, 4) is 0 Å². The third-order valence-electron chi connectivity index (χ3n) is 5.30. The van der Waals surface area contributed by atoms with Gasteiger partial charge in [-0.15, -0.1) is 0 Å². The summed E-state index contributed by atoms with van der Waals surface area (Å²) < 4.78 is 5.01. The number of carbonyl (C=O) groups is 2. The lowest BCUT2D eigenvalue weighted by atomic mass is 9.97. The van der Waals surface area contributed by atoms with Gasteiger partial charge in [-0.3, -0.25) is 9.59 Å². The average Bonchev–Trinajstić information content (AvgIpc) is 3.19. The van der Waals surface area contributed by atoms with Gasteiger partial charge in [0, 0.05) is 50.3 Å². The molecule has 1 aliphatic rings. The molecule has 1 fully saturated rings. The molecule has 1 aromatic heterocycles. The van der Waals surface area contributed by atoms with Crippen LogP contribution >= 0.6 is 0 Å². The molecule has 0 spiro atoms. The van der Waals surface area contributed by atoms with E-state index < -0.39 is 5.54 Å². The molecule has 0 saturated carbocycles. The number of nitrogens with one attached hydrogen (secondary N) is 2. The zero-order chi connectivity index (χ0) is 18.6. The van der Waals surface area contributed by atoms with Gasteiger partial charge < -0.3 is 19.9 Å². The molecule has 1 saturated heterocycles. The minimum Gasteiger partial charge on any atom is -0.385 e. The van der Waals surface area contributed by atoms with Crippen molar-refractivity contribution < 1.29 is 14.3 Å². The second kappa shape index (κ2) is 7.91. The van der Waals surface area contributed by atoms with Gasteiger partial charge in [0.1, 0.15) is 5.54 Å². The number of amides is 2. The molecule has 2 amide bonds. The summed E-state index contributed by atoms with van der Waals surface area (Å²) in [5.74, 6) is -0.0160. The Kier molecular flexibility index (Phi) is 5.61. The van der Waals surface area contributed by atoms with E-state index in [2.05, 4.69) is 16.4 Å². The fourth-order valence-corrected chi connectivity index (χ4v) is 3.68. The van der Waals surface area contributed by atoms with E-state index in [1.807, 2.05) is 31.3 Å². The van der Waals surface area contributed by atoms with Crippen molar-refractivity contribution in [1.29, 1.82) is 0 Å². The van der Waals surface area contributed by atoms with Crippen LogP contribution < -0.4 is 5.32 Å². The van der Waals surface area contributed by atoms with E-state index in [4.69, 9.17) is 4.74 Å². The Morgan fingerprint density at radius 1 is 1.38 bits per heavy atom. The summed E-state index contributed by atoms with van der Waals surface area (Å²) >= 11 is 0. The van der Waals surface area contributed by atoms with E-state index in [-0.39, 0.29) is 11.8 Å². The molecule has 1 atom stereocenters. The summed E-state index contributed by atoms with van der Waals surface area (Å²) in [6.07, 6.45) is 4.48. The van der Waals surface area contributed by atoms with Crippen molar-refractivity contribution >= 4 is 22.7 Å². The molecule has 140 valence electrons.